The smallest absolute Gasteiger partial charge is 0.269 e. The Balaban J connectivity index is 1.65. The highest BCUT2D eigenvalue weighted by molar-refractivity contribution is 6.15. The number of Topliss-reactive ketones (excluding diaryl/α,β-unsaturated/α-hetero) is 2. The summed E-state index contributed by atoms with van der Waals surface area (Å²) in [6, 6.07) is 7.97. The second-order valence-electron chi connectivity index (χ2n) is 7.41. The van der Waals surface area contributed by atoms with Crippen LogP contribution in [0.1, 0.15) is 51.5 Å². The molecule has 0 aliphatic heterocycles. The molecule has 6 heteroatoms. The largest absolute Gasteiger partial charge is 0.351 e. The Morgan fingerprint density at radius 3 is 2.50 bits per heavy atom. The summed E-state index contributed by atoms with van der Waals surface area (Å²) in [4.78, 5) is 41.0. The fourth-order valence-corrected chi connectivity index (χ4v) is 4.03. The number of halogens is 1. The topological polar surface area (TPSA) is 76.1 Å². The molecule has 0 bridgehead atoms. The number of ketones is 2. The van der Waals surface area contributed by atoms with Gasteiger partial charge < -0.3 is 5.32 Å². The van der Waals surface area contributed by atoms with Crippen LogP contribution < -0.4 is 5.32 Å². The van der Waals surface area contributed by atoms with Crippen molar-refractivity contribution in [2.24, 2.45) is 5.92 Å². The van der Waals surface area contributed by atoms with E-state index < -0.39 is 23.7 Å². The number of carbonyl (C=O) groups excluding carboxylic acids is 3. The lowest BCUT2D eigenvalue weighted by molar-refractivity contribution is -0.124. The average molecular weight is 382 g/mol. The van der Waals surface area contributed by atoms with Gasteiger partial charge in [0.05, 0.1) is 0 Å². The molecule has 1 aromatic heterocycles. The van der Waals surface area contributed by atoms with Crippen LogP contribution in [0.15, 0.2) is 30.3 Å². The third-order valence-corrected chi connectivity index (χ3v) is 5.21. The molecule has 1 N–H and O–H groups in total. The zero-order chi connectivity index (χ0) is 20.4. The number of hydrogen-bond donors (Lipinski definition) is 1. The van der Waals surface area contributed by atoms with Gasteiger partial charge in [-0.15, -0.1) is 0 Å². The van der Waals surface area contributed by atoms with Crippen LogP contribution in [-0.4, -0.2) is 29.0 Å². The maximum atomic E-state index is 13.1. The standard InChI is InChI=1S/C22H23FN2O3/c1-12-9-13(2)19(14(3)10-12)20-17(26)11-15(21(20)27)7-8-24-22(28)16-5-4-6-18(23)25-16/h4-6,9-10,15,20H,7-8,11H2,1-3H3,(H,24,28). The molecule has 1 aliphatic rings. The summed E-state index contributed by atoms with van der Waals surface area (Å²) in [5.74, 6) is -2.51. The lowest BCUT2D eigenvalue weighted by atomic mass is 9.86. The third-order valence-electron chi connectivity index (χ3n) is 5.21. The number of aromatic nitrogens is 1. The first-order chi connectivity index (χ1) is 13.3. The molecule has 146 valence electrons. The van der Waals surface area contributed by atoms with Gasteiger partial charge >= 0.3 is 0 Å². The van der Waals surface area contributed by atoms with Crippen molar-refractivity contribution in [3.05, 3.63) is 64.2 Å². The summed E-state index contributed by atoms with van der Waals surface area (Å²) in [6.07, 6.45) is 0.552. The van der Waals surface area contributed by atoms with Gasteiger partial charge in [-0.1, -0.05) is 23.8 Å². The summed E-state index contributed by atoms with van der Waals surface area (Å²) in [7, 11) is 0. The van der Waals surface area contributed by atoms with Gasteiger partial charge in [0.1, 0.15) is 17.4 Å². The summed E-state index contributed by atoms with van der Waals surface area (Å²) < 4.78 is 13.1. The lowest BCUT2D eigenvalue weighted by Gasteiger charge is -2.16. The van der Waals surface area contributed by atoms with Crippen molar-refractivity contribution >= 4 is 17.5 Å². The summed E-state index contributed by atoms with van der Waals surface area (Å²) >= 11 is 0. The molecule has 3 rings (SSSR count). The molecular weight excluding hydrogens is 359 g/mol. The molecule has 28 heavy (non-hydrogen) atoms. The molecule has 1 aliphatic carbocycles. The van der Waals surface area contributed by atoms with Crippen LogP contribution >= 0.6 is 0 Å². The molecule has 2 unspecified atom stereocenters. The molecule has 2 aromatic rings. The van der Waals surface area contributed by atoms with Crippen molar-refractivity contribution in [1.82, 2.24) is 10.3 Å². The minimum atomic E-state index is -0.726. The van der Waals surface area contributed by atoms with Crippen molar-refractivity contribution < 1.29 is 18.8 Å². The minimum Gasteiger partial charge on any atom is -0.351 e. The van der Waals surface area contributed by atoms with Gasteiger partial charge in [-0.2, -0.15) is 4.39 Å². The Hall–Kier alpha value is -2.89. The SMILES string of the molecule is Cc1cc(C)c(C2C(=O)CC(CCNC(=O)c3cccc(F)n3)C2=O)c(C)c1. The van der Waals surface area contributed by atoms with Crippen molar-refractivity contribution in [3.8, 4) is 0 Å². The molecule has 2 atom stereocenters. The van der Waals surface area contributed by atoms with Crippen molar-refractivity contribution in [2.75, 3.05) is 6.54 Å². The van der Waals surface area contributed by atoms with Crippen LogP contribution in [-0.2, 0) is 9.59 Å². The molecule has 1 heterocycles. The number of hydrogen-bond acceptors (Lipinski definition) is 4. The Labute approximate surface area is 163 Å². The molecule has 1 aromatic carbocycles. The molecule has 0 spiro atoms. The molecule has 5 nitrogen and oxygen atoms in total. The van der Waals surface area contributed by atoms with Crippen LogP contribution in [0.5, 0.6) is 0 Å². The second kappa shape index (κ2) is 8.00. The van der Waals surface area contributed by atoms with Gasteiger partial charge in [0.15, 0.2) is 5.78 Å². The Morgan fingerprint density at radius 1 is 1.18 bits per heavy atom. The number of benzene rings is 1. The van der Waals surface area contributed by atoms with E-state index in [0.29, 0.717) is 6.42 Å². The number of pyridine rings is 1. The van der Waals surface area contributed by atoms with Gasteiger partial charge in [0, 0.05) is 18.9 Å². The average Bonchev–Trinajstić information content (AvgIpc) is 2.89. The molecule has 1 fully saturated rings. The first kappa shape index (κ1) is 19.9. The predicted molar refractivity (Wildman–Crippen MR) is 103 cm³/mol. The monoisotopic (exact) mass is 382 g/mol. The highest BCUT2D eigenvalue weighted by Gasteiger charge is 2.42. The molecule has 1 saturated carbocycles. The van der Waals surface area contributed by atoms with E-state index in [2.05, 4.69) is 10.3 Å². The number of amides is 1. The van der Waals surface area contributed by atoms with E-state index in [4.69, 9.17) is 0 Å². The van der Waals surface area contributed by atoms with E-state index in [1.807, 2.05) is 32.9 Å². The Kier molecular flexibility index (Phi) is 5.68. The maximum Gasteiger partial charge on any atom is 0.269 e. The third kappa shape index (κ3) is 4.01. The van der Waals surface area contributed by atoms with Crippen LogP contribution in [0.25, 0.3) is 0 Å². The van der Waals surface area contributed by atoms with E-state index in [-0.39, 0.29) is 30.2 Å². The highest BCUT2D eigenvalue weighted by atomic mass is 19.1. The van der Waals surface area contributed by atoms with Gasteiger partial charge in [-0.3, -0.25) is 14.4 Å². The van der Waals surface area contributed by atoms with Crippen molar-refractivity contribution in [3.63, 3.8) is 0 Å². The van der Waals surface area contributed by atoms with Crippen LogP contribution in [0, 0.1) is 32.6 Å². The first-order valence-electron chi connectivity index (χ1n) is 9.33. The molecule has 0 radical (unpaired) electrons. The molecule has 0 saturated heterocycles. The summed E-state index contributed by atoms with van der Waals surface area (Å²) in [5.41, 5.74) is 3.81. The zero-order valence-electron chi connectivity index (χ0n) is 16.2. The Morgan fingerprint density at radius 2 is 1.86 bits per heavy atom. The van der Waals surface area contributed by atoms with Gasteiger partial charge in [0.2, 0.25) is 5.95 Å². The summed E-state index contributed by atoms with van der Waals surface area (Å²) in [5, 5.41) is 2.64. The van der Waals surface area contributed by atoms with Crippen molar-refractivity contribution in [2.45, 2.75) is 39.5 Å². The summed E-state index contributed by atoms with van der Waals surface area (Å²) in [6.45, 7) is 6.06. The van der Waals surface area contributed by atoms with E-state index in [1.54, 1.807) is 0 Å². The number of carbonyl (C=O) groups is 3. The van der Waals surface area contributed by atoms with E-state index in [0.717, 1.165) is 28.3 Å². The number of rotatable bonds is 5. The normalized spacial score (nSPS) is 19.1. The fraction of sp³-hybridized carbons (Fsp3) is 0.364. The van der Waals surface area contributed by atoms with Crippen LogP contribution in [0.3, 0.4) is 0 Å². The molecule has 1 amide bonds. The maximum absolute atomic E-state index is 13.1. The van der Waals surface area contributed by atoms with Gasteiger partial charge in [-0.05, 0) is 56.0 Å². The fourth-order valence-electron chi connectivity index (χ4n) is 4.03. The van der Waals surface area contributed by atoms with Gasteiger partial charge in [0.25, 0.3) is 5.91 Å². The first-order valence-corrected chi connectivity index (χ1v) is 9.33. The van der Waals surface area contributed by atoms with Crippen molar-refractivity contribution in [1.29, 1.82) is 0 Å². The van der Waals surface area contributed by atoms with E-state index >= 15 is 0 Å². The van der Waals surface area contributed by atoms with Gasteiger partial charge in [-0.25, -0.2) is 4.98 Å². The number of nitrogens with zero attached hydrogens (tertiary/aromatic N) is 1. The van der Waals surface area contributed by atoms with Crippen LogP contribution in [0.4, 0.5) is 4.39 Å². The molecular formula is C22H23FN2O3. The van der Waals surface area contributed by atoms with E-state index in [9.17, 15) is 18.8 Å². The quantitative estimate of drug-likeness (QED) is 0.636. The zero-order valence-corrected chi connectivity index (χ0v) is 16.2. The highest BCUT2D eigenvalue weighted by Crippen LogP contribution is 2.37. The minimum absolute atomic E-state index is 0.0161. The lowest BCUT2D eigenvalue weighted by Crippen LogP contribution is -2.28. The number of aryl methyl sites for hydroxylation is 3. The predicted octanol–water partition coefficient (Wildman–Crippen LogP) is 3.21. The second-order valence-corrected chi connectivity index (χ2v) is 7.41. The van der Waals surface area contributed by atoms with E-state index in [1.165, 1.54) is 12.1 Å². The number of nitrogens with one attached hydrogen (secondary N) is 1. The Bertz CT molecular complexity index is 932. The van der Waals surface area contributed by atoms with Crippen LogP contribution in [0.2, 0.25) is 0 Å².